The minimum atomic E-state index is -4.74. The Balaban J connectivity index is 1.66. The summed E-state index contributed by atoms with van der Waals surface area (Å²) in [5, 5.41) is 14.1. The molecule has 0 aliphatic carbocycles. The van der Waals surface area contributed by atoms with Crippen molar-refractivity contribution in [2.45, 2.75) is 44.9 Å². The van der Waals surface area contributed by atoms with Crippen LogP contribution in [-0.4, -0.2) is 28.3 Å². The molecular weight excluding hydrogens is 373 g/mol. The fourth-order valence-electron chi connectivity index (χ4n) is 3.98. The number of hydrogen-bond donors (Lipinski definition) is 1. The van der Waals surface area contributed by atoms with Crippen molar-refractivity contribution in [3.63, 3.8) is 0 Å². The molecule has 28 heavy (non-hydrogen) atoms. The zero-order chi connectivity index (χ0) is 20.1. The second kappa shape index (κ2) is 6.70. The molecule has 2 aromatic rings. The number of halogens is 3. The van der Waals surface area contributed by atoms with Crippen LogP contribution >= 0.6 is 0 Å². The van der Waals surface area contributed by atoms with Gasteiger partial charge in [0.25, 0.3) is 0 Å². The van der Waals surface area contributed by atoms with Crippen LogP contribution in [0, 0.1) is 0 Å². The summed E-state index contributed by atoms with van der Waals surface area (Å²) in [6, 6.07) is 11.0. The van der Waals surface area contributed by atoms with Crippen molar-refractivity contribution in [2.75, 3.05) is 0 Å². The molecule has 0 fully saturated rings. The maximum atomic E-state index is 12.5. The molecule has 148 valence electrons. The Morgan fingerprint density at radius 1 is 1.18 bits per heavy atom. The number of phenols is 1. The van der Waals surface area contributed by atoms with E-state index < -0.39 is 6.36 Å². The van der Waals surface area contributed by atoms with Gasteiger partial charge in [-0.05, 0) is 54.8 Å². The Bertz CT molecular complexity index is 929. The van der Waals surface area contributed by atoms with Crippen molar-refractivity contribution >= 4 is 5.71 Å². The topological polar surface area (TPSA) is 54.3 Å². The normalized spacial score (nSPS) is 24.2. The lowest BCUT2D eigenvalue weighted by atomic mass is 9.82. The van der Waals surface area contributed by atoms with Crippen LogP contribution < -0.4 is 4.74 Å². The lowest BCUT2D eigenvalue weighted by Gasteiger charge is -2.41. The Kier molecular flexibility index (Phi) is 4.45. The van der Waals surface area contributed by atoms with E-state index in [9.17, 15) is 18.3 Å². The molecule has 0 amide bonds. The average Bonchev–Trinajstić information content (AvgIpc) is 2.99. The Labute approximate surface area is 160 Å². The van der Waals surface area contributed by atoms with Crippen LogP contribution in [0.15, 0.2) is 47.6 Å². The highest BCUT2D eigenvalue weighted by Crippen LogP contribution is 2.45. The summed E-state index contributed by atoms with van der Waals surface area (Å²) in [5.74, 6) is -0.191. The maximum absolute atomic E-state index is 12.5. The molecule has 0 spiro atoms. The molecule has 0 radical (unpaired) electrons. The molecule has 0 saturated heterocycles. The molecule has 2 heterocycles. The largest absolute Gasteiger partial charge is 0.573 e. The molecule has 2 aromatic carbocycles. The summed E-state index contributed by atoms with van der Waals surface area (Å²) in [7, 11) is 0. The lowest BCUT2D eigenvalue weighted by Crippen LogP contribution is -2.45. The number of hydrogen-bond acceptors (Lipinski definition) is 5. The highest BCUT2D eigenvalue weighted by atomic mass is 19.4. The zero-order valence-electron chi connectivity index (χ0n) is 15.3. The van der Waals surface area contributed by atoms with E-state index in [1.165, 1.54) is 18.2 Å². The molecule has 0 bridgehead atoms. The van der Waals surface area contributed by atoms with Gasteiger partial charge in [0.15, 0.2) is 6.23 Å². The molecule has 0 aromatic heterocycles. The van der Waals surface area contributed by atoms with Crippen LogP contribution in [0.2, 0.25) is 0 Å². The van der Waals surface area contributed by atoms with Gasteiger partial charge in [-0.1, -0.05) is 23.4 Å². The predicted molar refractivity (Wildman–Crippen MR) is 95.9 cm³/mol. The number of ether oxygens (including phenoxy) is 1. The van der Waals surface area contributed by atoms with Gasteiger partial charge in [-0.3, -0.25) is 4.90 Å². The molecule has 1 N–H and O–H groups in total. The first-order chi connectivity index (χ1) is 13.2. The fraction of sp³-hybridized carbons (Fsp3) is 0.350. The smallest absolute Gasteiger partial charge is 0.508 e. The first-order valence-electron chi connectivity index (χ1n) is 8.86. The van der Waals surface area contributed by atoms with Crippen LogP contribution in [-0.2, 0) is 11.4 Å². The van der Waals surface area contributed by atoms with E-state index in [0.717, 1.165) is 16.8 Å². The van der Waals surface area contributed by atoms with E-state index >= 15 is 0 Å². The maximum Gasteiger partial charge on any atom is 0.573 e. The first-order valence-corrected chi connectivity index (χ1v) is 8.86. The highest BCUT2D eigenvalue weighted by molar-refractivity contribution is 5.90. The van der Waals surface area contributed by atoms with Crippen LogP contribution in [0.5, 0.6) is 11.5 Å². The molecule has 0 unspecified atom stereocenters. The van der Waals surface area contributed by atoms with Gasteiger partial charge < -0.3 is 14.7 Å². The molecule has 0 saturated carbocycles. The van der Waals surface area contributed by atoms with Crippen molar-refractivity contribution in [1.29, 1.82) is 0 Å². The third kappa shape index (κ3) is 3.40. The summed E-state index contributed by atoms with van der Waals surface area (Å²) in [5.41, 5.74) is 3.47. The average molecular weight is 392 g/mol. The van der Waals surface area contributed by atoms with Crippen LogP contribution in [0.4, 0.5) is 13.2 Å². The first kappa shape index (κ1) is 18.6. The van der Waals surface area contributed by atoms with Crippen LogP contribution in [0.1, 0.15) is 42.5 Å². The van der Waals surface area contributed by atoms with E-state index in [4.69, 9.17) is 4.84 Å². The number of oxime groups is 1. The predicted octanol–water partition coefficient (Wildman–Crippen LogP) is 4.68. The SMILES string of the molecule is CC1=NO[C@@H]2[C@H]1c1ccc(O)cc1[C@@H](C)N2Cc1cccc(OC(F)(F)F)c1. The Morgan fingerprint density at radius 3 is 2.71 bits per heavy atom. The minimum absolute atomic E-state index is 0.0959. The summed E-state index contributed by atoms with van der Waals surface area (Å²) in [6.07, 6.45) is -5.10. The number of nitrogens with zero attached hydrogens (tertiary/aromatic N) is 2. The quantitative estimate of drug-likeness (QED) is 0.824. The van der Waals surface area contributed by atoms with E-state index in [-0.39, 0.29) is 29.7 Å². The van der Waals surface area contributed by atoms with Gasteiger partial charge in [-0.25, -0.2) is 0 Å². The Morgan fingerprint density at radius 2 is 1.96 bits per heavy atom. The van der Waals surface area contributed by atoms with Crippen molar-refractivity contribution in [1.82, 2.24) is 4.90 Å². The second-order valence-electron chi connectivity index (χ2n) is 7.06. The monoisotopic (exact) mass is 392 g/mol. The van der Waals surface area contributed by atoms with Crippen LogP contribution in [0.25, 0.3) is 0 Å². The van der Waals surface area contributed by atoms with E-state index in [2.05, 4.69) is 9.89 Å². The number of fused-ring (bicyclic) bond motifs is 3. The van der Waals surface area contributed by atoms with Crippen molar-refractivity contribution in [2.24, 2.45) is 5.16 Å². The van der Waals surface area contributed by atoms with Gasteiger partial charge in [0.2, 0.25) is 0 Å². The summed E-state index contributed by atoms with van der Waals surface area (Å²) < 4.78 is 41.6. The minimum Gasteiger partial charge on any atom is -0.508 e. The molecule has 2 aliphatic heterocycles. The summed E-state index contributed by atoms with van der Waals surface area (Å²) in [4.78, 5) is 7.69. The standard InChI is InChI=1S/C20H19F3N2O3/c1-11-18-16-7-6-14(26)9-17(16)12(2)25(19(18)28-24-11)10-13-4-3-5-15(8-13)27-20(21,22)23/h3-9,12,18-19,26H,10H2,1-2H3/t12-,18-,19-/m1/s1. The van der Waals surface area contributed by atoms with Crippen molar-refractivity contribution in [3.8, 4) is 11.5 Å². The van der Waals surface area contributed by atoms with Gasteiger partial charge in [-0.2, -0.15) is 0 Å². The van der Waals surface area contributed by atoms with Gasteiger partial charge in [0.05, 0.1) is 11.6 Å². The van der Waals surface area contributed by atoms with Gasteiger partial charge in [-0.15, -0.1) is 13.2 Å². The van der Waals surface area contributed by atoms with Gasteiger partial charge in [0, 0.05) is 12.6 Å². The third-order valence-corrected chi connectivity index (χ3v) is 5.22. The summed E-state index contributed by atoms with van der Waals surface area (Å²) >= 11 is 0. The number of benzene rings is 2. The van der Waals surface area contributed by atoms with Crippen LogP contribution in [0.3, 0.4) is 0 Å². The van der Waals surface area contributed by atoms with Gasteiger partial charge in [0.1, 0.15) is 11.5 Å². The fourth-order valence-corrected chi connectivity index (χ4v) is 3.98. The molecule has 8 heteroatoms. The molecule has 5 nitrogen and oxygen atoms in total. The Hall–Kier alpha value is -2.74. The highest BCUT2D eigenvalue weighted by Gasteiger charge is 2.45. The number of alkyl halides is 3. The number of rotatable bonds is 3. The molecule has 2 aliphatic rings. The number of phenolic OH excluding ortho intramolecular Hbond substituents is 1. The number of aromatic hydroxyl groups is 1. The lowest BCUT2D eigenvalue weighted by molar-refractivity contribution is -0.274. The van der Waals surface area contributed by atoms with Gasteiger partial charge >= 0.3 is 6.36 Å². The molecular formula is C20H19F3N2O3. The third-order valence-electron chi connectivity index (χ3n) is 5.22. The second-order valence-corrected chi connectivity index (χ2v) is 7.06. The van der Waals surface area contributed by atoms with Crippen molar-refractivity contribution < 1.29 is 27.9 Å². The molecule has 3 atom stereocenters. The van der Waals surface area contributed by atoms with E-state index in [1.54, 1.807) is 18.2 Å². The molecule has 4 rings (SSSR count). The zero-order valence-corrected chi connectivity index (χ0v) is 15.3. The summed E-state index contributed by atoms with van der Waals surface area (Å²) in [6.45, 7) is 4.20. The van der Waals surface area contributed by atoms with Crippen molar-refractivity contribution in [3.05, 3.63) is 59.2 Å². The van der Waals surface area contributed by atoms with E-state index in [1.807, 2.05) is 24.8 Å². The van der Waals surface area contributed by atoms with E-state index in [0.29, 0.717) is 12.1 Å².